The van der Waals surface area contributed by atoms with E-state index in [9.17, 15) is 24.6 Å². The highest BCUT2D eigenvalue weighted by Gasteiger charge is 2.48. The molecule has 3 N–H and O–H groups in total. The standard InChI is InChI=1S/C44H56N4O5/c49-37-24-39(42(52)45-27-33-16-13-23-46(29-33)28-32-14-5-1-6-15-32)48(31-37)43(53)40-25-38(50)30-47(40)41(51)26-44(34-17-7-2-8-18-34,35-19-9-3-10-20-35)36-21-11-4-12-22-36/h2-4,7-12,17-22,32-33,37-40,49-50H,1,5-6,13-16,23-31H2,(H,45,52)/t33?,37-,38+,39+,40-/m0/s1. The summed E-state index contributed by atoms with van der Waals surface area (Å²) in [5, 5.41) is 24.9. The number of likely N-dealkylation sites (tertiary alicyclic amines) is 3. The van der Waals surface area contributed by atoms with Crippen LogP contribution in [0.4, 0.5) is 0 Å². The van der Waals surface area contributed by atoms with Crippen LogP contribution in [0.2, 0.25) is 0 Å². The first-order valence-corrected chi connectivity index (χ1v) is 19.9. The van der Waals surface area contributed by atoms with E-state index in [1.807, 2.05) is 91.0 Å². The van der Waals surface area contributed by atoms with E-state index < -0.39 is 35.6 Å². The van der Waals surface area contributed by atoms with Crippen LogP contribution >= 0.6 is 0 Å². The topological polar surface area (TPSA) is 113 Å². The highest BCUT2D eigenvalue weighted by atomic mass is 16.3. The summed E-state index contributed by atoms with van der Waals surface area (Å²) in [7, 11) is 0. The predicted molar refractivity (Wildman–Crippen MR) is 205 cm³/mol. The molecule has 9 heteroatoms. The molecule has 3 aromatic carbocycles. The van der Waals surface area contributed by atoms with Crippen molar-refractivity contribution in [1.29, 1.82) is 0 Å². The molecule has 1 saturated carbocycles. The van der Waals surface area contributed by atoms with E-state index in [2.05, 4.69) is 10.2 Å². The smallest absolute Gasteiger partial charge is 0.246 e. The Kier molecular flexibility index (Phi) is 11.9. The van der Waals surface area contributed by atoms with Gasteiger partial charge in [0.15, 0.2) is 0 Å². The number of benzene rings is 3. The Labute approximate surface area is 314 Å². The number of aliphatic hydroxyl groups is 2. The number of nitrogens with zero attached hydrogens (tertiary/aromatic N) is 3. The van der Waals surface area contributed by atoms with Gasteiger partial charge in [0, 0.05) is 52.0 Å². The fraction of sp³-hybridized carbons (Fsp3) is 0.523. The van der Waals surface area contributed by atoms with Crippen LogP contribution in [0, 0.1) is 11.8 Å². The molecular weight excluding hydrogens is 665 g/mol. The highest BCUT2D eigenvalue weighted by molar-refractivity contribution is 5.93. The molecule has 0 aromatic heterocycles. The van der Waals surface area contributed by atoms with Crippen molar-refractivity contribution < 1.29 is 24.6 Å². The molecule has 3 aliphatic heterocycles. The first-order valence-electron chi connectivity index (χ1n) is 19.9. The Morgan fingerprint density at radius 2 is 1.17 bits per heavy atom. The van der Waals surface area contributed by atoms with E-state index in [4.69, 9.17) is 0 Å². The quantitative estimate of drug-likeness (QED) is 0.247. The molecular formula is C44H56N4O5. The summed E-state index contributed by atoms with van der Waals surface area (Å²) in [5.41, 5.74) is 1.98. The maximum Gasteiger partial charge on any atom is 0.246 e. The molecule has 53 heavy (non-hydrogen) atoms. The average Bonchev–Trinajstić information content (AvgIpc) is 3.80. The molecule has 3 heterocycles. The summed E-state index contributed by atoms with van der Waals surface area (Å²) in [5.74, 6) is 0.222. The molecule has 5 atom stereocenters. The van der Waals surface area contributed by atoms with Gasteiger partial charge in [-0.3, -0.25) is 14.4 Å². The Morgan fingerprint density at radius 3 is 1.75 bits per heavy atom. The van der Waals surface area contributed by atoms with Gasteiger partial charge in [-0.05, 0) is 60.8 Å². The fourth-order valence-electron chi connectivity index (χ4n) is 9.70. The lowest BCUT2D eigenvalue weighted by Gasteiger charge is -2.38. The number of rotatable bonds is 11. The lowest BCUT2D eigenvalue weighted by atomic mass is 9.67. The van der Waals surface area contributed by atoms with Crippen molar-refractivity contribution in [3.63, 3.8) is 0 Å². The van der Waals surface area contributed by atoms with Crippen LogP contribution in [0.25, 0.3) is 0 Å². The lowest BCUT2D eigenvalue weighted by Crippen LogP contribution is -2.54. The number of β-amino-alcohol motifs (C(OH)–C–C–N with tert-alkyl or cyclic N) is 2. The van der Waals surface area contributed by atoms with Gasteiger partial charge in [0.25, 0.3) is 0 Å². The molecule has 7 rings (SSSR count). The van der Waals surface area contributed by atoms with Gasteiger partial charge < -0.3 is 30.2 Å². The van der Waals surface area contributed by atoms with E-state index in [1.54, 1.807) is 0 Å². The minimum Gasteiger partial charge on any atom is -0.391 e. The van der Waals surface area contributed by atoms with Gasteiger partial charge in [0.2, 0.25) is 17.7 Å². The maximum atomic E-state index is 14.7. The monoisotopic (exact) mass is 720 g/mol. The second-order valence-corrected chi connectivity index (χ2v) is 16.0. The summed E-state index contributed by atoms with van der Waals surface area (Å²) in [6.07, 6.45) is 7.39. The van der Waals surface area contributed by atoms with Gasteiger partial charge >= 0.3 is 0 Å². The third-order valence-electron chi connectivity index (χ3n) is 12.4. The van der Waals surface area contributed by atoms with Crippen LogP contribution in [0.1, 0.15) is 80.9 Å². The highest BCUT2D eigenvalue weighted by Crippen LogP contribution is 2.43. The first-order chi connectivity index (χ1) is 25.8. The molecule has 0 bridgehead atoms. The van der Waals surface area contributed by atoms with Gasteiger partial charge in [-0.2, -0.15) is 0 Å². The molecule has 0 spiro atoms. The zero-order valence-corrected chi connectivity index (χ0v) is 30.9. The lowest BCUT2D eigenvalue weighted by molar-refractivity contribution is -0.147. The molecule has 4 fully saturated rings. The number of carbonyl (C=O) groups is 3. The number of nitrogens with one attached hydrogen (secondary N) is 1. The first kappa shape index (κ1) is 37.3. The number of amides is 3. The predicted octanol–water partition coefficient (Wildman–Crippen LogP) is 4.74. The van der Waals surface area contributed by atoms with Crippen molar-refractivity contribution >= 4 is 17.7 Å². The van der Waals surface area contributed by atoms with E-state index in [0.29, 0.717) is 12.5 Å². The summed E-state index contributed by atoms with van der Waals surface area (Å²) in [6.45, 7) is 3.82. The van der Waals surface area contributed by atoms with Crippen molar-refractivity contribution in [1.82, 2.24) is 20.0 Å². The van der Waals surface area contributed by atoms with Crippen LogP contribution in [-0.2, 0) is 19.8 Å². The van der Waals surface area contributed by atoms with Crippen molar-refractivity contribution in [2.45, 2.75) is 93.9 Å². The zero-order chi connectivity index (χ0) is 36.8. The SMILES string of the molecule is O=C(NCC1CCCN(CC2CCCCC2)C1)[C@H]1C[C@H](O)CN1C(=O)[C@@H]1C[C@@H](O)CN1C(=O)CC(c1ccccc1)(c1ccccc1)c1ccccc1. The normalized spacial score (nSPS) is 25.7. The Morgan fingerprint density at radius 1 is 0.642 bits per heavy atom. The number of piperidine rings is 1. The van der Waals surface area contributed by atoms with E-state index in [1.165, 1.54) is 41.9 Å². The number of hydrogen-bond acceptors (Lipinski definition) is 6. The number of aliphatic hydroxyl groups excluding tert-OH is 2. The number of carbonyl (C=O) groups excluding carboxylic acids is 3. The van der Waals surface area contributed by atoms with Crippen LogP contribution in [0.5, 0.6) is 0 Å². The largest absolute Gasteiger partial charge is 0.391 e. The van der Waals surface area contributed by atoms with E-state index >= 15 is 0 Å². The zero-order valence-electron chi connectivity index (χ0n) is 30.9. The summed E-state index contributed by atoms with van der Waals surface area (Å²) in [6, 6.07) is 28.1. The van der Waals surface area contributed by atoms with Gasteiger partial charge in [0.05, 0.1) is 17.6 Å². The third-order valence-corrected chi connectivity index (χ3v) is 12.4. The van der Waals surface area contributed by atoms with Crippen LogP contribution in [0.15, 0.2) is 91.0 Å². The molecule has 1 unspecified atom stereocenters. The Balaban J connectivity index is 1.06. The Bertz CT molecular complexity index is 1570. The molecule has 0 radical (unpaired) electrons. The van der Waals surface area contributed by atoms with Crippen molar-refractivity contribution in [2.24, 2.45) is 11.8 Å². The fourth-order valence-corrected chi connectivity index (χ4v) is 9.70. The molecule has 4 aliphatic rings. The summed E-state index contributed by atoms with van der Waals surface area (Å²) < 4.78 is 0. The van der Waals surface area contributed by atoms with Crippen LogP contribution in [0.3, 0.4) is 0 Å². The molecule has 3 amide bonds. The summed E-state index contributed by atoms with van der Waals surface area (Å²) in [4.78, 5) is 48.4. The van der Waals surface area contributed by atoms with Crippen LogP contribution < -0.4 is 5.32 Å². The molecule has 3 saturated heterocycles. The molecule has 282 valence electrons. The summed E-state index contributed by atoms with van der Waals surface area (Å²) >= 11 is 0. The van der Waals surface area contributed by atoms with Crippen molar-refractivity contribution in [3.8, 4) is 0 Å². The number of hydrogen-bond donors (Lipinski definition) is 3. The molecule has 3 aromatic rings. The molecule has 1 aliphatic carbocycles. The second kappa shape index (κ2) is 17.0. The van der Waals surface area contributed by atoms with Gasteiger partial charge in [-0.15, -0.1) is 0 Å². The average molecular weight is 721 g/mol. The van der Waals surface area contributed by atoms with Gasteiger partial charge in [-0.25, -0.2) is 0 Å². The van der Waals surface area contributed by atoms with E-state index in [0.717, 1.165) is 55.1 Å². The van der Waals surface area contributed by atoms with Gasteiger partial charge in [-0.1, -0.05) is 110 Å². The Hall–Kier alpha value is -4.05. The second-order valence-electron chi connectivity index (χ2n) is 16.0. The minimum atomic E-state index is -0.940. The third kappa shape index (κ3) is 8.37. The van der Waals surface area contributed by atoms with Gasteiger partial charge in [0.1, 0.15) is 12.1 Å². The van der Waals surface area contributed by atoms with Crippen molar-refractivity contribution in [3.05, 3.63) is 108 Å². The van der Waals surface area contributed by atoms with E-state index in [-0.39, 0.29) is 44.2 Å². The maximum absolute atomic E-state index is 14.7. The van der Waals surface area contributed by atoms with Crippen molar-refractivity contribution in [2.75, 3.05) is 39.3 Å². The minimum absolute atomic E-state index is 0.0200. The molecule has 9 nitrogen and oxygen atoms in total. The van der Waals surface area contributed by atoms with Crippen LogP contribution in [-0.4, -0.2) is 106 Å².